The smallest absolute Gasteiger partial charge is 0.256 e. The summed E-state index contributed by atoms with van der Waals surface area (Å²) in [6.07, 6.45) is 3.87. The predicted octanol–water partition coefficient (Wildman–Crippen LogP) is 3.75. The highest BCUT2D eigenvalue weighted by Crippen LogP contribution is 2.40. The maximum Gasteiger partial charge on any atom is 0.256 e. The highest BCUT2D eigenvalue weighted by molar-refractivity contribution is 7.17. The second-order valence-electron chi connectivity index (χ2n) is 6.05. The van der Waals surface area contributed by atoms with Gasteiger partial charge in [0.25, 0.3) is 11.8 Å². The molecule has 1 aromatic carbocycles. The second-order valence-corrected chi connectivity index (χ2v) is 7.16. The van der Waals surface area contributed by atoms with Gasteiger partial charge in [0.05, 0.1) is 5.56 Å². The maximum absolute atomic E-state index is 13.0. The van der Waals surface area contributed by atoms with Crippen LogP contribution in [0.5, 0.6) is 0 Å². The molecule has 3 N–H and O–H groups in total. The molecule has 126 valence electrons. The first kappa shape index (κ1) is 16.6. The van der Waals surface area contributed by atoms with Gasteiger partial charge in [0.15, 0.2) is 0 Å². The van der Waals surface area contributed by atoms with Crippen molar-refractivity contribution < 1.29 is 14.0 Å². The predicted molar refractivity (Wildman–Crippen MR) is 93.0 cm³/mol. The minimum Gasteiger partial charge on any atom is -0.365 e. The third-order valence-electron chi connectivity index (χ3n) is 4.52. The molecule has 1 aliphatic carbocycles. The number of hydrogen-bond acceptors (Lipinski definition) is 3. The number of nitrogens with two attached hydrogens (primary N) is 1. The van der Waals surface area contributed by atoms with Crippen LogP contribution in [-0.2, 0) is 12.8 Å². The first-order valence-electron chi connectivity index (χ1n) is 8.00. The number of carbonyl (C=O) groups is 2. The van der Waals surface area contributed by atoms with Crippen LogP contribution in [0.2, 0.25) is 0 Å². The van der Waals surface area contributed by atoms with Crippen molar-refractivity contribution in [1.29, 1.82) is 0 Å². The average molecular weight is 346 g/mol. The van der Waals surface area contributed by atoms with Crippen molar-refractivity contribution >= 4 is 28.2 Å². The Morgan fingerprint density at radius 3 is 2.67 bits per heavy atom. The summed E-state index contributed by atoms with van der Waals surface area (Å²) in [4.78, 5) is 25.4. The quantitative estimate of drug-likeness (QED) is 0.885. The van der Waals surface area contributed by atoms with E-state index in [-0.39, 0.29) is 5.91 Å². The molecule has 1 atom stereocenters. The van der Waals surface area contributed by atoms with E-state index in [1.165, 1.54) is 35.6 Å². The van der Waals surface area contributed by atoms with E-state index in [2.05, 4.69) is 12.2 Å². The van der Waals surface area contributed by atoms with Crippen LogP contribution in [0.15, 0.2) is 24.3 Å². The maximum atomic E-state index is 13.0. The van der Waals surface area contributed by atoms with Crippen LogP contribution in [0.25, 0.3) is 0 Å². The van der Waals surface area contributed by atoms with E-state index in [0.29, 0.717) is 22.0 Å². The molecule has 0 bridgehead atoms. The lowest BCUT2D eigenvalue weighted by molar-refractivity contribution is 0.1000. The normalized spacial score (nSPS) is 16.5. The summed E-state index contributed by atoms with van der Waals surface area (Å²) in [6, 6.07) is 5.29. The molecule has 3 rings (SSSR count). The molecule has 1 aromatic heterocycles. The van der Waals surface area contributed by atoms with Crippen molar-refractivity contribution in [1.82, 2.24) is 0 Å². The minimum atomic E-state index is -0.517. The number of primary amides is 1. The minimum absolute atomic E-state index is 0.338. The Morgan fingerprint density at radius 2 is 2.04 bits per heavy atom. The Balaban J connectivity index is 1.90. The molecule has 2 aromatic rings. The third-order valence-corrected chi connectivity index (χ3v) is 5.69. The van der Waals surface area contributed by atoms with Gasteiger partial charge in [0.2, 0.25) is 0 Å². The monoisotopic (exact) mass is 346 g/mol. The third kappa shape index (κ3) is 3.19. The van der Waals surface area contributed by atoms with Gasteiger partial charge in [0.1, 0.15) is 10.8 Å². The molecular weight excluding hydrogens is 327 g/mol. The van der Waals surface area contributed by atoms with Gasteiger partial charge in [-0.25, -0.2) is 4.39 Å². The Morgan fingerprint density at radius 1 is 1.33 bits per heavy atom. The van der Waals surface area contributed by atoms with Crippen molar-refractivity contribution in [3.8, 4) is 0 Å². The van der Waals surface area contributed by atoms with E-state index in [1.807, 2.05) is 0 Å². The average Bonchev–Trinajstić information content (AvgIpc) is 2.92. The molecule has 0 unspecified atom stereocenters. The molecule has 4 nitrogen and oxygen atoms in total. The summed E-state index contributed by atoms with van der Waals surface area (Å²) in [5, 5.41) is 3.27. The van der Waals surface area contributed by atoms with Gasteiger partial charge in [0, 0.05) is 10.4 Å². The van der Waals surface area contributed by atoms with Gasteiger partial charge in [-0.2, -0.15) is 0 Å². The van der Waals surface area contributed by atoms with Gasteiger partial charge in [-0.05, 0) is 55.0 Å². The van der Waals surface area contributed by atoms with E-state index >= 15 is 0 Å². The number of rotatable bonds is 4. The van der Waals surface area contributed by atoms with Crippen LogP contribution in [0.4, 0.5) is 9.39 Å². The number of carbonyl (C=O) groups excluding carboxylic acids is 2. The Bertz CT molecular complexity index is 783. The van der Waals surface area contributed by atoms with E-state index in [4.69, 9.17) is 5.73 Å². The SMILES string of the molecule is CC[C@H]1CCc2c(sc(NC(=O)c3ccc(F)cc3)c2C(N)=O)C1. The molecule has 0 radical (unpaired) electrons. The second kappa shape index (κ2) is 6.73. The van der Waals surface area contributed by atoms with Crippen molar-refractivity contribution in [2.75, 3.05) is 5.32 Å². The van der Waals surface area contributed by atoms with Crippen molar-refractivity contribution in [2.45, 2.75) is 32.6 Å². The molecule has 0 saturated heterocycles. The number of halogens is 1. The zero-order valence-corrected chi connectivity index (χ0v) is 14.2. The first-order chi connectivity index (χ1) is 11.5. The van der Waals surface area contributed by atoms with Crippen molar-refractivity contribution in [3.63, 3.8) is 0 Å². The standard InChI is InChI=1S/C18H19FN2O2S/c1-2-10-3-8-13-14(9-10)24-18(15(13)16(20)22)21-17(23)11-4-6-12(19)7-5-11/h4-7,10H,2-3,8-9H2,1H3,(H2,20,22)(H,21,23)/t10-/m0/s1. The van der Waals surface area contributed by atoms with Crippen LogP contribution >= 0.6 is 11.3 Å². The summed E-state index contributed by atoms with van der Waals surface area (Å²) in [5.74, 6) is -0.681. The van der Waals surface area contributed by atoms with E-state index in [0.717, 1.165) is 36.1 Å². The van der Waals surface area contributed by atoms with Crippen LogP contribution in [0.1, 0.15) is 50.9 Å². The number of benzene rings is 1. The molecule has 1 heterocycles. The molecule has 6 heteroatoms. The topological polar surface area (TPSA) is 72.2 Å². The van der Waals surface area contributed by atoms with Crippen molar-refractivity contribution in [3.05, 3.63) is 51.7 Å². The molecule has 0 aliphatic heterocycles. The molecular formula is C18H19FN2O2S. The summed E-state index contributed by atoms with van der Waals surface area (Å²) in [7, 11) is 0. The number of thiophene rings is 1. The summed E-state index contributed by atoms with van der Waals surface area (Å²) >= 11 is 1.43. The summed E-state index contributed by atoms with van der Waals surface area (Å²) in [6.45, 7) is 2.16. The van der Waals surface area contributed by atoms with Crippen molar-refractivity contribution in [2.24, 2.45) is 11.7 Å². The highest BCUT2D eigenvalue weighted by Gasteiger charge is 2.28. The van der Waals surface area contributed by atoms with E-state index in [1.54, 1.807) is 0 Å². The molecule has 0 fully saturated rings. The molecule has 0 spiro atoms. The lowest BCUT2D eigenvalue weighted by Crippen LogP contribution is -2.19. The van der Waals surface area contributed by atoms with E-state index in [9.17, 15) is 14.0 Å². The fraction of sp³-hybridized carbons (Fsp3) is 0.333. The van der Waals surface area contributed by atoms with Gasteiger partial charge in [-0.1, -0.05) is 13.3 Å². The number of anilines is 1. The number of fused-ring (bicyclic) bond motifs is 1. The molecule has 1 aliphatic rings. The van der Waals surface area contributed by atoms with Gasteiger partial charge in [-0.15, -0.1) is 11.3 Å². The number of nitrogens with one attached hydrogen (secondary N) is 1. The lowest BCUT2D eigenvalue weighted by Gasteiger charge is -2.20. The first-order valence-corrected chi connectivity index (χ1v) is 8.82. The largest absolute Gasteiger partial charge is 0.365 e. The Hall–Kier alpha value is -2.21. The fourth-order valence-corrected chi connectivity index (χ4v) is 4.49. The number of hydrogen-bond donors (Lipinski definition) is 2. The highest BCUT2D eigenvalue weighted by atomic mass is 32.1. The zero-order chi connectivity index (χ0) is 17.3. The molecule has 24 heavy (non-hydrogen) atoms. The van der Waals surface area contributed by atoms with Crippen LogP contribution < -0.4 is 11.1 Å². The Kier molecular flexibility index (Phi) is 4.66. The summed E-state index contributed by atoms with van der Waals surface area (Å²) in [5.41, 5.74) is 7.30. The zero-order valence-electron chi connectivity index (χ0n) is 13.4. The number of amides is 2. The summed E-state index contributed by atoms with van der Waals surface area (Å²) < 4.78 is 13.0. The molecule has 2 amide bonds. The Labute approximate surface area is 143 Å². The van der Waals surface area contributed by atoms with Gasteiger partial charge < -0.3 is 11.1 Å². The lowest BCUT2D eigenvalue weighted by atomic mass is 9.85. The van der Waals surface area contributed by atoms with Gasteiger partial charge in [-0.3, -0.25) is 9.59 Å². The van der Waals surface area contributed by atoms with Gasteiger partial charge >= 0.3 is 0 Å². The van der Waals surface area contributed by atoms with E-state index < -0.39 is 11.7 Å². The van der Waals surface area contributed by atoms with Crippen LogP contribution in [0.3, 0.4) is 0 Å². The van der Waals surface area contributed by atoms with Crippen LogP contribution in [0, 0.1) is 11.7 Å². The fourth-order valence-electron chi connectivity index (χ4n) is 3.13. The molecule has 0 saturated carbocycles. The van der Waals surface area contributed by atoms with Crippen LogP contribution in [-0.4, -0.2) is 11.8 Å².